The number of Topliss-reactive ketones (excluding diaryl/α,β-unsaturated/α-hetero) is 1. The summed E-state index contributed by atoms with van der Waals surface area (Å²) in [5, 5.41) is 0. The molecule has 0 spiro atoms. The molecule has 2 rings (SSSR count). The van der Waals surface area contributed by atoms with Crippen LogP contribution >= 0.6 is 0 Å². The average molecular weight is 231 g/mol. The topological polar surface area (TPSA) is 30.0 Å². The highest BCUT2D eigenvalue weighted by Crippen LogP contribution is 2.43. The Kier molecular flexibility index (Phi) is 3.32. The zero-order valence-electron chi connectivity index (χ0n) is 11.0. The maximum Gasteiger partial charge on any atom is 0.142 e. The van der Waals surface area contributed by atoms with Crippen molar-refractivity contribution in [3.63, 3.8) is 0 Å². The molecular weight excluding hydrogens is 210 g/mol. The first-order valence-electron chi connectivity index (χ1n) is 6.44. The third-order valence-electron chi connectivity index (χ3n) is 4.11. The van der Waals surface area contributed by atoms with Crippen molar-refractivity contribution in [2.75, 3.05) is 0 Å². The Morgan fingerprint density at radius 2 is 2.29 bits per heavy atom. The van der Waals surface area contributed by atoms with Crippen molar-refractivity contribution in [3.05, 3.63) is 29.6 Å². The second-order valence-electron chi connectivity index (χ2n) is 5.84. The predicted octanol–water partition coefficient (Wildman–Crippen LogP) is 3.33. The van der Waals surface area contributed by atoms with Crippen LogP contribution in [0.4, 0.5) is 0 Å². The standard InChI is InChI=1S/C15H21NO/c1-11-6-5-9-16-13(11)10-14(17)12-7-4-8-15(12,2)3/h5-6,9,12H,4,7-8,10H2,1-3H3. The predicted molar refractivity (Wildman–Crippen MR) is 68.8 cm³/mol. The normalized spacial score (nSPS) is 22.6. The maximum absolute atomic E-state index is 12.3. The molecule has 2 nitrogen and oxygen atoms in total. The van der Waals surface area contributed by atoms with Crippen molar-refractivity contribution >= 4 is 5.78 Å². The molecule has 1 heterocycles. The molecule has 1 aliphatic carbocycles. The van der Waals surface area contributed by atoms with Gasteiger partial charge in [0.05, 0.1) is 5.69 Å². The van der Waals surface area contributed by atoms with Gasteiger partial charge in [-0.05, 0) is 36.8 Å². The number of carbonyl (C=O) groups excluding carboxylic acids is 1. The number of nitrogens with zero attached hydrogens (tertiary/aromatic N) is 1. The summed E-state index contributed by atoms with van der Waals surface area (Å²) in [5.74, 6) is 0.596. The smallest absolute Gasteiger partial charge is 0.142 e. The minimum absolute atomic E-state index is 0.180. The van der Waals surface area contributed by atoms with Crippen LogP contribution in [0, 0.1) is 18.3 Å². The first-order chi connectivity index (χ1) is 8.00. The number of aromatic nitrogens is 1. The van der Waals surface area contributed by atoms with Crippen LogP contribution in [-0.4, -0.2) is 10.8 Å². The molecule has 1 saturated carbocycles. The van der Waals surface area contributed by atoms with Gasteiger partial charge in [-0.1, -0.05) is 26.3 Å². The minimum atomic E-state index is 0.180. The molecule has 1 fully saturated rings. The monoisotopic (exact) mass is 231 g/mol. The van der Waals surface area contributed by atoms with E-state index in [2.05, 4.69) is 18.8 Å². The summed E-state index contributed by atoms with van der Waals surface area (Å²) in [6.07, 6.45) is 5.68. The van der Waals surface area contributed by atoms with Gasteiger partial charge in [0.25, 0.3) is 0 Å². The van der Waals surface area contributed by atoms with Crippen LogP contribution in [-0.2, 0) is 11.2 Å². The molecule has 0 radical (unpaired) electrons. The maximum atomic E-state index is 12.3. The Balaban J connectivity index is 2.10. The van der Waals surface area contributed by atoms with E-state index in [9.17, 15) is 4.79 Å². The molecule has 0 saturated heterocycles. The third kappa shape index (κ3) is 2.56. The van der Waals surface area contributed by atoms with E-state index in [1.54, 1.807) is 6.20 Å². The lowest BCUT2D eigenvalue weighted by molar-refractivity contribution is -0.124. The third-order valence-corrected chi connectivity index (χ3v) is 4.11. The molecule has 92 valence electrons. The van der Waals surface area contributed by atoms with E-state index in [-0.39, 0.29) is 11.3 Å². The van der Waals surface area contributed by atoms with E-state index in [0.717, 1.165) is 17.7 Å². The largest absolute Gasteiger partial charge is 0.299 e. The minimum Gasteiger partial charge on any atom is -0.299 e. The van der Waals surface area contributed by atoms with Gasteiger partial charge in [0, 0.05) is 18.5 Å². The Labute approximate surface area is 103 Å². The highest BCUT2D eigenvalue weighted by molar-refractivity contribution is 5.84. The summed E-state index contributed by atoms with van der Waals surface area (Å²) in [6, 6.07) is 3.94. The molecule has 1 aromatic heterocycles. The van der Waals surface area contributed by atoms with Crippen molar-refractivity contribution < 1.29 is 4.79 Å². The summed E-state index contributed by atoms with van der Waals surface area (Å²) >= 11 is 0. The van der Waals surface area contributed by atoms with Gasteiger partial charge < -0.3 is 0 Å². The molecule has 0 aliphatic heterocycles. The lowest BCUT2D eigenvalue weighted by Gasteiger charge is -2.25. The Morgan fingerprint density at radius 1 is 1.53 bits per heavy atom. The van der Waals surface area contributed by atoms with Crippen LogP contribution in [0.15, 0.2) is 18.3 Å². The zero-order valence-corrected chi connectivity index (χ0v) is 11.0. The van der Waals surface area contributed by atoms with Crippen LogP contribution in [0.1, 0.15) is 44.4 Å². The van der Waals surface area contributed by atoms with Gasteiger partial charge in [-0.25, -0.2) is 0 Å². The van der Waals surface area contributed by atoms with Gasteiger partial charge >= 0.3 is 0 Å². The van der Waals surface area contributed by atoms with Crippen molar-refractivity contribution in [1.29, 1.82) is 0 Å². The number of hydrogen-bond acceptors (Lipinski definition) is 2. The van der Waals surface area contributed by atoms with Crippen LogP contribution < -0.4 is 0 Å². The Bertz CT molecular complexity index is 423. The van der Waals surface area contributed by atoms with E-state index < -0.39 is 0 Å². The molecule has 0 N–H and O–H groups in total. The number of carbonyl (C=O) groups is 1. The summed E-state index contributed by atoms with van der Waals surface area (Å²) in [4.78, 5) is 16.7. The Hall–Kier alpha value is -1.18. The van der Waals surface area contributed by atoms with E-state index >= 15 is 0 Å². The second-order valence-corrected chi connectivity index (χ2v) is 5.84. The van der Waals surface area contributed by atoms with Crippen LogP contribution in [0.25, 0.3) is 0 Å². The molecule has 1 aromatic rings. The molecule has 17 heavy (non-hydrogen) atoms. The highest BCUT2D eigenvalue weighted by atomic mass is 16.1. The lowest BCUT2D eigenvalue weighted by atomic mass is 9.78. The first-order valence-corrected chi connectivity index (χ1v) is 6.44. The molecule has 1 atom stereocenters. The van der Waals surface area contributed by atoms with Crippen LogP contribution in [0.2, 0.25) is 0 Å². The van der Waals surface area contributed by atoms with Gasteiger partial charge in [0.2, 0.25) is 0 Å². The second kappa shape index (κ2) is 4.59. The fourth-order valence-electron chi connectivity index (χ4n) is 2.92. The van der Waals surface area contributed by atoms with Gasteiger partial charge in [0.15, 0.2) is 0 Å². The van der Waals surface area contributed by atoms with Crippen molar-refractivity contribution in [2.24, 2.45) is 11.3 Å². The molecule has 0 amide bonds. The summed E-state index contributed by atoms with van der Waals surface area (Å²) in [6.45, 7) is 6.46. The van der Waals surface area contributed by atoms with Crippen molar-refractivity contribution in [3.8, 4) is 0 Å². The molecular formula is C15H21NO. The van der Waals surface area contributed by atoms with E-state index in [4.69, 9.17) is 0 Å². The molecule has 1 aliphatic rings. The number of rotatable bonds is 3. The number of ketones is 1. The summed E-state index contributed by atoms with van der Waals surface area (Å²) in [5.41, 5.74) is 2.25. The Morgan fingerprint density at radius 3 is 2.88 bits per heavy atom. The highest BCUT2D eigenvalue weighted by Gasteiger charge is 2.38. The molecule has 1 unspecified atom stereocenters. The summed E-state index contributed by atoms with van der Waals surface area (Å²) < 4.78 is 0. The summed E-state index contributed by atoms with van der Waals surface area (Å²) in [7, 11) is 0. The van der Waals surface area contributed by atoms with Crippen molar-refractivity contribution in [2.45, 2.75) is 46.5 Å². The average Bonchev–Trinajstić information content (AvgIpc) is 2.61. The molecule has 0 aromatic carbocycles. The molecule has 2 heteroatoms. The van der Waals surface area contributed by atoms with E-state index in [0.29, 0.717) is 12.2 Å². The van der Waals surface area contributed by atoms with Gasteiger partial charge in [-0.15, -0.1) is 0 Å². The number of aryl methyl sites for hydroxylation is 1. The van der Waals surface area contributed by atoms with E-state index in [1.807, 2.05) is 19.1 Å². The number of hydrogen-bond donors (Lipinski definition) is 0. The van der Waals surface area contributed by atoms with Crippen molar-refractivity contribution in [1.82, 2.24) is 4.98 Å². The fraction of sp³-hybridized carbons (Fsp3) is 0.600. The SMILES string of the molecule is Cc1cccnc1CC(=O)C1CCCC1(C)C. The zero-order chi connectivity index (χ0) is 12.5. The fourth-order valence-corrected chi connectivity index (χ4v) is 2.92. The van der Waals surface area contributed by atoms with Gasteiger partial charge in [0.1, 0.15) is 5.78 Å². The van der Waals surface area contributed by atoms with Crippen LogP contribution in [0.5, 0.6) is 0 Å². The van der Waals surface area contributed by atoms with E-state index in [1.165, 1.54) is 12.8 Å². The van der Waals surface area contributed by atoms with Gasteiger partial charge in [-0.3, -0.25) is 9.78 Å². The lowest BCUT2D eigenvalue weighted by Crippen LogP contribution is -2.27. The number of pyridine rings is 1. The first kappa shape index (κ1) is 12.3. The van der Waals surface area contributed by atoms with Crippen LogP contribution in [0.3, 0.4) is 0 Å². The quantitative estimate of drug-likeness (QED) is 0.798. The molecule has 0 bridgehead atoms. The van der Waals surface area contributed by atoms with Gasteiger partial charge in [-0.2, -0.15) is 0 Å².